The first kappa shape index (κ1) is 19.0. The zero-order valence-electron chi connectivity index (χ0n) is 15.2. The molecule has 1 aromatic carbocycles. The number of aromatic nitrogens is 2. The smallest absolute Gasteiger partial charge is 0.315 e. The van der Waals surface area contributed by atoms with Crippen LogP contribution in [0, 0.1) is 13.8 Å². The normalized spacial score (nSPS) is 12.0. The Bertz CT molecular complexity index is 682. The van der Waals surface area contributed by atoms with E-state index in [0.29, 0.717) is 19.5 Å². The van der Waals surface area contributed by atoms with Gasteiger partial charge in [-0.2, -0.15) is 5.10 Å². The number of urea groups is 1. The summed E-state index contributed by atoms with van der Waals surface area (Å²) < 4.78 is 1.97. The molecular weight excluding hydrogens is 316 g/mol. The summed E-state index contributed by atoms with van der Waals surface area (Å²) in [5.74, 6) is 0. The Kier molecular flexibility index (Phi) is 7.01. The molecule has 0 fully saturated rings. The third kappa shape index (κ3) is 5.32. The van der Waals surface area contributed by atoms with Crippen LogP contribution in [0.3, 0.4) is 0 Å². The summed E-state index contributed by atoms with van der Waals surface area (Å²) in [6.07, 6.45) is 1.36. The van der Waals surface area contributed by atoms with Gasteiger partial charge in [0.25, 0.3) is 0 Å². The molecule has 2 rings (SSSR count). The van der Waals surface area contributed by atoms with Crippen molar-refractivity contribution in [2.75, 3.05) is 6.61 Å². The Morgan fingerprint density at radius 2 is 2.00 bits per heavy atom. The number of nitrogens with zero attached hydrogens (tertiary/aromatic N) is 2. The molecule has 2 aromatic rings. The largest absolute Gasteiger partial charge is 0.396 e. The number of rotatable bonds is 8. The van der Waals surface area contributed by atoms with Gasteiger partial charge in [-0.05, 0) is 32.3 Å². The lowest BCUT2D eigenvalue weighted by Gasteiger charge is -2.16. The van der Waals surface area contributed by atoms with Gasteiger partial charge in [-0.15, -0.1) is 0 Å². The Morgan fingerprint density at radius 3 is 2.64 bits per heavy atom. The Morgan fingerprint density at radius 1 is 1.28 bits per heavy atom. The molecule has 1 aromatic heterocycles. The van der Waals surface area contributed by atoms with Gasteiger partial charge in [-0.3, -0.25) is 4.68 Å². The van der Waals surface area contributed by atoms with Crippen molar-refractivity contribution < 1.29 is 9.90 Å². The zero-order chi connectivity index (χ0) is 18.2. The van der Waals surface area contributed by atoms with E-state index >= 15 is 0 Å². The molecule has 2 amide bonds. The molecule has 0 saturated carbocycles. The molecule has 1 unspecified atom stereocenters. The van der Waals surface area contributed by atoms with E-state index in [0.717, 1.165) is 23.4 Å². The molecule has 0 aliphatic carbocycles. The van der Waals surface area contributed by atoms with E-state index < -0.39 is 0 Å². The maximum absolute atomic E-state index is 12.0. The molecule has 0 aliphatic rings. The number of carbonyl (C=O) groups excluding carboxylic acids is 1. The minimum atomic E-state index is -0.213. The second kappa shape index (κ2) is 9.22. The molecule has 0 aliphatic heterocycles. The fraction of sp³-hybridized carbons (Fsp3) is 0.474. The maximum atomic E-state index is 12.0. The predicted molar refractivity (Wildman–Crippen MR) is 98.4 cm³/mol. The van der Waals surface area contributed by atoms with Crippen molar-refractivity contribution >= 4 is 6.03 Å². The van der Waals surface area contributed by atoms with E-state index in [9.17, 15) is 4.79 Å². The van der Waals surface area contributed by atoms with E-state index in [-0.39, 0.29) is 18.7 Å². The number of aliphatic hydroxyl groups is 1. The fourth-order valence-corrected chi connectivity index (χ4v) is 2.84. The van der Waals surface area contributed by atoms with Gasteiger partial charge in [0.15, 0.2) is 0 Å². The van der Waals surface area contributed by atoms with Crippen molar-refractivity contribution in [2.45, 2.75) is 52.7 Å². The molecule has 0 bridgehead atoms. The number of carbonyl (C=O) groups is 1. The third-order valence-electron chi connectivity index (χ3n) is 4.44. The lowest BCUT2D eigenvalue weighted by molar-refractivity contribution is 0.227. The molecule has 0 spiro atoms. The van der Waals surface area contributed by atoms with Gasteiger partial charge in [0, 0.05) is 30.5 Å². The first-order valence-electron chi connectivity index (χ1n) is 8.77. The maximum Gasteiger partial charge on any atom is 0.315 e. The second-order valence-corrected chi connectivity index (χ2v) is 6.24. The number of nitrogens with one attached hydrogen (secondary N) is 2. The van der Waals surface area contributed by atoms with Gasteiger partial charge in [0.2, 0.25) is 0 Å². The lowest BCUT2D eigenvalue weighted by atomic mass is 10.1. The average molecular weight is 344 g/mol. The van der Waals surface area contributed by atoms with Crippen LogP contribution in [0.4, 0.5) is 4.79 Å². The standard InChI is InChI=1S/C19H28N4O2/c1-4-17(10-11-24)21-19(25)20-12-18-14(2)22-23(15(18)3)13-16-8-6-5-7-9-16/h5-9,17,24H,4,10-13H2,1-3H3,(H2,20,21,25). The van der Waals surface area contributed by atoms with Gasteiger partial charge in [0.05, 0.1) is 12.2 Å². The first-order chi connectivity index (χ1) is 12.0. The van der Waals surface area contributed by atoms with Crippen molar-refractivity contribution in [3.8, 4) is 0 Å². The van der Waals surface area contributed by atoms with Gasteiger partial charge in [-0.25, -0.2) is 4.79 Å². The number of hydrogen-bond donors (Lipinski definition) is 3. The molecule has 0 radical (unpaired) electrons. The summed E-state index contributed by atoms with van der Waals surface area (Å²) in [7, 11) is 0. The van der Waals surface area contributed by atoms with Crippen molar-refractivity contribution in [3.05, 3.63) is 52.8 Å². The molecule has 136 valence electrons. The molecule has 6 heteroatoms. The van der Waals surface area contributed by atoms with Crippen molar-refractivity contribution in [2.24, 2.45) is 0 Å². The summed E-state index contributed by atoms with van der Waals surface area (Å²) in [5, 5.41) is 19.4. The third-order valence-corrected chi connectivity index (χ3v) is 4.44. The summed E-state index contributed by atoms with van der Waals surface area (Å²) in [6, 6.07) is 9.97. The van der Waals surface area contributed by atoms with Crippen LogP contribution in [0.1, 0.15) is 42.3 Å². The van der Waals surface area contributed by atoms with Crippen LogP contribution < -0.4 is 10.6 Å². The Hall–Kier alpha value is -2.34. The minimum Gasteiger partial charge on any atom is -0.396 e. The molecular formula is C19H28N4O2. The van der Waals surface area contributed by atoms with Crippen LogP contribution in [0.25, 0.3) is 0 Å². The van der Waals surface area contributed by atoms with Crippen LogP contribution in [0.15, 0.2) is 30.3 Å². The number of benzene rings is 1. The van der Waals surface area contributed by atoms with Crippen LogP contribution in [-0.4, -0.2) is 33.6 Å². The van der Waals surface area contributed by atoms with Crippen LogP contribution in [0.2, 0.25) is 0 Å². The number of hydrogen-bond acceptors (Lipinski definition) is 3. The van der Waals surface area contributed by atoms with E-state index in [4.69, 9.17) is 5.11 Å². The Labute approximate surface area is 149 Å². The van der Waals surface area contributed by atoms with Crippen molar-refractivity contribution in [1.82, 2.24) is 20.4 Å². The zero-order valence-corrected chi connectivity index (χ0v) is 15.2. The minimum absolute atomic E-state index is 0.00648. The summed E-state index contributed by atoms with van der Waals surface area (Å²) in [6.45, 7) is 7.20. The van der Waals surface area contributed by atoms with Crippen LogP contribution in [-0.2, 0) is 13.1 Å². The highest BCUT2D eigenvalue weighted by atomic mass is 16.3. The summed E-state index contributed by atoms with van der Waals surface area (Å²) in [4.78, 5) is 12.0. The fourth-order valence-electron chi connectivity index (χ4n) is 2.84. The molecule has 1 atom stereocenters. The Balaban J connectivity index is 1.97. The van der Waals surface area contributed by atoms with E-state index in [1.807, 2.05) is 43.7 Å². The molecule has 0 saturated heterocycles. The molecule has 6 nitrogen and oxygen atoms in total. The van der Waals surface area contributed by atoms with E-state index in [1.165, 1.54) is 5.56 Å². The lowest BCUT2D eigenvalue weighted by Crippen LogP contribution is -2.42. The molecule has 3 N–H and O–H groups in total. The SMILES string of the molecule is CCC(CCO)NC(=O)NCc1c(C)nn(Cc2ccccc2)c1C. The van der Waals surface area contributed by atoms with Crippen molar-refractivity contribution in [1.29, 1.82) is 0 Å². The predicted octanol–water partition coefficient (Wildman–Crippen LogP) is 2.51. The monoisotopic (exact) mass is 344 g/mol. The summed E-state index contributed by atoms with van der Waals surface area (Å²) in [5.41, 5.74) is 4.22. The highest BCUT2D eigenvalue weighted by Crippen LogP contribution is 2.14. The van der Waals surface area contributed by atoms with Crippen molar-refractivity contribution in [3.63, 3.8) is 0 Å². The number of aryl methyl sites for hydroxylation is 1. The second-order valence-electron chi connectivity index (χ2n) is 6.24. The first-order valence-corrected chi connectivity index (χ1v) is 8.77. The number of aliphatic hydroxyl groups excluding tert-OH is 1. The topological polar surface area (TPSA) is 79.2 Å². The number of amides is 2. The molecule has 1 heterocycles. The van der Waals surface area contributed by atoms with E-state index in [2.05, 4.69) is 27.9 Å². The average Bonchev–Trinajstić information content (AvgIpc) is 2.87. The van der Waals surface area contributed by atoms with Gasteiger partial charge in [-0.1, -0.05) is 37.3 Å². The summed E-state index contributed by atoms with van der Waals surface area (Å²) >= 11 is 0. The van der Waals surface area contributed by atoms with Gasteiger partial charge in [0.1, 0.15) is 0 Å². The van der Waals surface area contributed by atoms with E-state index in [1.54, 1.807) is 0 Å². The highest BCUT2D eigenvalue weighted by Gasteiger charge is 2.14. The highest BCUT2D eigenvalue weighted by molar-refractivity contribution is 5.74. The quantitative estimate of drug-likeness (QED) is 0.688. The molecule has 25 heavy (non-hydrogen) atoms. The van der Waals surface area contributed by atoms with Crippen LogP contribution in [0.5, 0.6) is 0 Å². The van der Waals surface area contributed by atoms with Gasteiger partial charge >= 0.3 is 6.03 Å². The van der Waals surface area contributed by atoms with Crippen LogP contribution >= 0.6 is 0 Å². The van der Waals surface area contributed by atoms with Gasteiger partial charge < -0.3 is 15.7 Å².